The molecule has 0 radical (unpaired) electrons. The summed E-state index contributed by atoms with van der Waals surface area (Å²) in [5, 5.41) is 7.69. The van der Waals surface area contributed by atoms with E-state index in [0.29, 0.717) is 38.5 Å². The molecule has 8 nitrogen and oxygen atoms in total. The summed E-state index contributed by atoms with van der Waals surface area (Å²) in [4.78, 5) is 24.7. The number of hydrogen-bond acceptors (Lipinski definition) is 6. The highest BCUT2D eigenvalue weighted by Gasteiger charge is 2.09. The van der Waals surface area contributed by atoms with Gasteiger partial charge in [0.1, 0.15) is 23.9 Å². The van der Waals surface area contributed by atoms with Gasteiger partial charge in [-0.3, -0.25) is 9.59 Å². The van der Waals surface area contributed by atoms with E-state index in [1.807, 2.05) is 18.2 Å². The number of hydrazone groups is 1. The first-order valence-electron chi connectivity index (χ1n) is 12.1. The SMILES string of the molecule is COc1ccc(/C=N/NC(=O)c2ccc(NC(=O)COc3ccccc3Cl)cc2)cc1COc1ccccc1Cl. The van der Waals surface area contributed by atoms with Crippen LogP contribution in [0.2, 0.25) is 10.0 Å². The Morgan fingerprint density at radius 3 is 2.12 bits per heavy atom. The topological polar surface area (TPSA) is 98.2 Å². The second-order valence-electron chi connectivity index (χ2n) is 8.33. The van der Waals surface area contributed by atoms with Crippen LogP contribution in [-0.4, -0.2) is 31.7 Å². The molecule has 204 valence electrons. The van der Waals surface area contributed by atoms with E-state index in [-0.39, 0.29) is 19.1 Å². The van der Waals surface area contributed by atoms with Gasteiger partial charge in [-0.15, -0.1) is 0 Å². The number of nitrogens with one attached hydrogen (secondary N) is 2. The largest absolute Gasteiger partial charge is 0.496 e. The minimum Gasteiger partial charge on any atom is -0.496 e. The van der Waals surface area contributed by atoms with Crippen molar-refractivity contribution in [3.05, 3.63) is 118 Å². The molecule has 0 spiro atoms. The van der Waals surface area contributed by atoms with Gasteiger partial charge in [-0.1, -0.05) is 47.5 Å². The fourth-order valence-electron chi connectivity index (χ4n) is 3.55. The first-order chi connectivity index (χ1) is 19.4. The molecule has 0 unspecified atom stereocenters. The maximum atomic E-state index is 12.5. The van der Waals surface area contributed by atoms with Crippen LogP contribution in [0.15, 0.2) is 96.1 Å². The van der Waals surface area contributed by atoms with Crippen LogP contribution in [0.1, 0.15) is 21.5 Å². The van der Waals surface area contributed by atoms with E-state index >= 15 is 0 Å². The average molecular weight is 578 g/mol. The smallest absolute Gasteiger partial charge is 0.271 e. The maximum Gasteiger partial charge on any atom is 0.271 e. The third-order valence-corrected chi connectivity index (χ3v) is 6.15. The zero-order valence-corrected chi connectivity index (χ0v) is 22.9. The number of ether oxygens (including phenoxy) is 3. The lowest BCUT2D eigenvalue weighted by molar-refractivity contribution is -0.118. The number of amides is 2. The number of para-hydroxylation sites is 2. The Bertz CT molecular complexity index is 1510. The molecule has 0 bridgehead atoms. The van der Waals surface area contributed by atoms with Crippen molar-refractivity contribution >= 4 is 46.9 Å². The lowest BCUT2D eigenvalue weighted by Gasteiger charge is -2.12. The van der Waals surface area contributed by atoms with Gasteiger partial charge in [-0.05, 0) is 72.3 Å². The molecule has 0 aromatic heterocycles. The molecule has 0 fully saturated rings. The zero-order valence-electron chi connectivity index (χ0n) is 21.4. The van der Waals surface area contributed by atoms with E-state index < -0.39 is 5.91 Å². The fourth-order valence-corrected chi connectivity index (χ4v) is 3.93. The van der Waals surface area contributed by atoms with E-state index in [9.17, 15) is 9.59 Å². The van der Waals surface area contributed by atoms with Gasteiger partial charge in [0.25, 0.3) is 11.8 Å². The molecule has 40 heavy (non-hydrogen) atoms. The molecule has 0 aliphatic heterocycles. The molecule has 10 heteroatoms. The number of rotatable bonds is 11. The van der Waals surface area contributed by atoms with Gasteiger partial charge in [-0.25, -0.2) is 5.43 Å². The van der Waals surface area contributed by atoms with Crippen molar-refractivity contribution in [3.8, 4) is 17.2 Å². The van der Waals surface area contributed by atoms with Crippen molar-refractivity contribution < 1.29 is 23.8 Å². The molecule has 0 saturated carbocycles. The predicted octanol–water partition coefficient (Wildman–Crippen LogP) is 6.36. The average Bonchev–Trinajstić information content (AvgIpc) is 2.97. The molecule has 0 aliphatic rings. The van der Waals surface area contributed by atoms with E-state index in [4.69, 9.17) is 37.4 Å². The highest BCUT2D eigenvalue weighted by molar-refractivity contribution is 6.32. The van der Waals surface area contributed by atoms with E-state index in [1.165, 1.54) is 6.21 Å². The summed E-state index contributed by atoms with van der Waals surface area (Å²) >= 11 is 12.2. The van der Waals surface area contributed by atoms with Crippen molar-refractivity contribution in [3.63, 3.8) is 0 Å². The third-order valence-electron chi connectivity index (χ3n) is 5.53. The van der Waals surface area contributed by atoms with Crippen molar-refractivity contribution in [2.45, 2.75) is 6.61 Å². The molecule has 0 atom stereocenters. The predicted molar refractivity (Wildman–Crippen MR) is 156 cm³/mol. The Balaban J connectivity index is 1.29. The van der Waals surface area contributed by atoms with Gasteiger partial charge in [0.2, 0.25) is 0 Å². The summed E-state index contributed by atoms with van der Waals surface area (Å²) in [6.45, 7) is 0.0237. The molecule has 4 aromatic rings. The molecular weight excluding hydrogens is 553 g/mol. The minimum absolute atomic E-state index is 0.208. The Labute approximate surface area is 241 Å². The highest BCUT2D eigenvalue weighted by atomic mass is 35.5. The molecular formula is C30H25Cl2N3O5. The zero-order chi connectivity index (χ0) is 28.3. The maximum absolute atomic E-state index is 12.5. The molecule has 0 heterocycles. The number of anilines is 1. The number of benzene rings is 4. The number of hydrogen-bond donors (Lipinski definition) is 2. The number of halogens is 2. The van der Waals surface area contributed by atoms with Crippen LogP contribution in [0, 0.1) is 0 Å². The molecule has 2 N–H and O–H groups in total. The number of nitrogens with zero attached hydrogens (tertiary/aromatic N) is 1. The van der Waals surface area contributed by atoms with Gasteiger partial charge < -0.3 is 19.5 Å². The van der Waals surface area contributed by atoms with Gasteiger partial charge in [0.05, 0.1) is 23.4 Å². The lowest BCUT2D eigenvalue weighted by atomic mass is 10.1. The van der Waals surface area contributed by atoms with Crippen LogP contribution in [0.3, 0.4) is 0 Å². The van der Waals surface area contributed by atoms with Gasteiger partial charge in [0, 0.05) is 16.8 Å². The van der Waals surface area contributed by atoms with Crippen LogP contribution in [0.5, 0.6) is 17.2 Å². The summed E-state index contributed by atoms with van der Waals surface area (Å²) in [5.41, 5.74) is 4.89. The Morgan fingerprint density at radius 1 is 0.825 bits per heavy atom. The quantitative estimate of drug-likeness (QED) is 0.159. The standard InChI is InChI=1S/C30H25Cl2N3O5/c1-38-26-15-10-20(16-22(26)18-39-27-8-4-2-6-24(27)31)17-33-35-30(37)21-11-13-23(14-12-21)34-29(36)19-40-28-9-5-3-7-25(28)32/h2-17H,18-19H2,1H3,(H,34,36)(H,35,37)/b33-17+. The summed E-state index contributed by atoms with van der Waals surface area (Å²) in [7, 11) is 1.58. The van der Waals surface area contributed by atoms with Crippen molar-refractivity contribution in [2.24, 2.45) is 5.10 Å². The van der Waals surface area contributed by atoms with E-state index in [2.05, 4.69) is 15.8 Å². The lowest BCUT2D eigenvalue weighted by Crippen LogP contribution is -2.20. The number of methoxy groups -OCH3 is 1. The monoisotopic (exact) mass is 577 g/mol. The van der Waals surface area contributed by atoms with Crippen LogP contribution in [0.25, 0.3) is 0 Å². The molecule has 0 saturated heterocycles. The Kier molecular flexibility index (Phi) is 9.99. The number of carbonyl (C=O) groups is 2. The van der Waals surface area contributed by atoms with Gasteiger partial charge in [-0.2, -0.15) is 5.10 Å². The van der Waals surface area contributed by atoms with E-state index in [1.54, 1.807) is 79.9 Å². The normalized spacial score (nSPS) is 10.7. The van der Waals surface area contributed by atoms with Crippen LogP contribution < -0.4 is 25.0 Å². The molecule has 0 aliphatic carbocycles. The highest BCUT2D eigenvalue weighted by Crippen LogP contribution is 2.27. The van der Waals surface area contributed by atoms with Gasteiger partial charge in [0.15, 0.2) is 6.61 Å². The van der Waals surface area contributed by atoms with E-state index in [0.717, 1.165) is 11.1 Å². The molecule has 4 rings (SSSR count). The Hall–Kier alpha value is -4.53. The third kappa shape index (κ3) is 7.99. The first-order valence-corrected chi connectivity index (χ1v) is 12.8. The number of carbonyl (C=O) groups excluding carboxylic acids is 2. The van der Waals surface area contributed by atoms with Crippen LogP contribution >= 0.6 is 23.2 Å². The van der Waals surface area contributed by atoms with Crippen LogP contribution in [-0.2, 0) is 11.4 Å². The van der Waals surface area contributed by atoms with Crippen molar-refractivity contribution in [1.29, 1.82) is 0 Å². The molecule has 2 amide bonds. The second kappa shape index (κ2) is 14.0. The molecule has 4 aromatic carbocycles. The summed E-state index contributed by atoms with van der Waals surface area (Å²) in [5.74, 6) is 0.859. The van der Waals surface area contributed by atoms with Crippen molar-refractivity contribution in [1.82, 2.24) is 5.43 Å². The second-order valence-corrected chi connectivity index (χ2v) is 9.15. The van der Waals surface area contributed by atoms with Crippen LogP contribution in [0.4, 0.5) is 5.69 Å². The van der Waals surface area contributed by atoms with Gasteiger partial charge >= 0.3 is 0 Å². The van der Waals surface area contributed by atoms with Crippen molar-refractivity contribution in [2.75, 3.05) is 19.0 Å². The summed E-state index contributed by atoms with van der Waals surface area (Å²) in [6.07, 6.45) is 1.52. The minimum atomic E-state index is -0.410. The first kappa shape index (κ1) is 28.5. The summed E-state index contributed by atoms with van der Waals surface area (Å²) in [6, 6.07) is 25.9. The Morgan fingerprint density at radius 2 is 1.48 bits per heavy atom. The summed E-state index contributed by atoms with van der Waals surface area (Å²) < 4.78 is 16.7. The fraction of sp³-hybridized carbons (Fsp3) is 0.100.